The fourth-order valence-electron chi connectivity index (χ4n) is 4.58. The van der Waals surface area contributed by atoms with E-state index in [9.17, 15) is 4.79 Å². The van der Waals surface area contributed by atoms with Crippen LogP contribution in [0.3, 0.4) is 0 Å². The predicted octanol–water partition coefficient (Wildman–Crippen LogP) is 4.15. The average molecular weight is 414 g/mol. The number of piperidine rings is 1. The first-order valence-electron chi connectivity index (χ1n) is 10.8. The SMILES string of the molecule is COc1ccc(-c2nc(C)sc2CC(=O)N2CCCC[C@@H]2CN2CCCC2)cc1. The Kier molecular flexibility index (Phi) is 6.50. The average Bonchev–Trinajstić information content (AvgIpc) is 3.38. The maximum absolute atomic E-state index is 13.3. The summed E-state index contributed by atoms with van der Waals surface area (Å²) in [7, 11) is 1.67. The van der Waals surface area contributed by atoms with Crippen LogP contribution in [-0.2, 0) is 11.2 Å². The van der Waals surface area contributed by atoms with Crippen molar-refractivity contribution in [3.8, 4) is 17.0 Å². The zero-order valence-electron chi connectivity index (χ0n) is 17.5. The maximum atomic E-state index is 13.3. The molecule has 5 nitrogen and oxygen atoms in total. The smallest absolute Gasteiger partial charge is 0.228 e. The second-order valence-electron chi connectivity index (χ2n) is 8.15. The number of hydrogen-bond donors (Lipinski definition) is 0. The van der Waals surface area contributed by atoms with Gasteiger partial charge in [0, 0.05) is 29.6 Å². The summed E-state index contributed by atoms with van der Waals surface area (Å²) in [6.07, 6.45) is 6.53. The van der Waals surface area contributed by atoms with Gasteiger partial charge in [0.05, 0.1) is 24.2 Å². The lowest BCUT2D eigenvalue weighted by Gasteiger charge is -2.38. The molecule has 29 heavy (non-hydrogen) atoms. The van der Waals surface area contributed by atoms with Crippen LogP contribution in [0.1, 0.15) is 42.0 Å². The Bertz CT molecular complexity index is 827. The van der Waals surface area contributed by atoms with Gasteiger partial charge in [-0.3, -0.25) is 4.79 Å². The molecular weight excluding hydrogens is 382 g/mol. The third-order valence-electron chi connectivity index (χ3n) is 6.09. The van der Waals surface area contributed by atoms with Gasteiger partial charge >= 0.3 is 0 Å². The summed E-state index contributed by atoms with van der Waals surface area (Å²) >= 11 is 1.65. The second-order valence-corrected chi connectivity index (χ2v) is 9.44. The number of aromatic nitrogens is 1. The molecule has 2 aliphatic heterocycles. The molecule has 0 bridgehead atoms. The second kappa shape index (κ2) is 9.26. The molecule has 2 aromatic rings. The first-order chi connectivity index (χ1) is 14.1. The van der Waals surface area contributed by atoms with E-state index in [2.05, 4.69) is 9.80 Å². The minimum atomic E-state index is 0.257. The van der Waals surface area contributed by atoms with E-state index in [0.717, 1.165) is 52.8 Å². The van der Waals surface area contributed by atoms with Crippen molar-refractivity contribution in [1.82, 2.24) is 14.8 Å². The fraction of sp³-hybridized carbons (Fsp3) is 0.565. The molecular formula is C23H31N3O2S. The highest BCUT2D eigenvalue weighted by Crippen LogP contribution is 2.31. The number of methoxy groups -OCH3 is 1. The number of ether oxygens (including phenoxy) is 1. The molecule has 2 fully saturated rings. The van der Waals surface area contributed by atoms with Crippen LogP contribution in [-0.4, -0.2) is 60.0 Å². The van der Waals surface area contributed by atoms with Crippen molar-refractivity contribution in [3.63, 3.8) is 0 Å². The van der Waals surface area contributed by atoms with Crippen LogP contribution < -0.4 is 4.74 Å². The highest BCUT2D eigenvalue weighted by molar-refractivity contribution is 7.12. The van der Waals surface area contributed by atoms with Gasteiger partial charge in [0.2, 0.25) is 5.91 Å². The van der Waals surface area contributed by atoms with Crippen molar-refractivity contribution in [1.29, 1.82) is 0 Å². The van der Waals surface area contributed by atoms with Gasteiger partial charge in [-0.05, 0) is 76.4 Å². The summed E-state index contributed by atoms with van der Waals surface area (Å²) in [5.74, 6) is 1.09. The van der Waals surface area contributed by atoms with E-state index in [4.69, 9.17) is 9.72 Å². The van der Waals surface area contributed by atoms with E-state index in [1.807, 2.05) is 31.2 Å². The summed E-state index contributed by atoms with van der Waals surface area (Å²) < 4.78 is 5.27. The number of nitrogens with zero attached hydrogens (tertiary/aromatic N) is 3. The van der Waals surface area contributed by atoms with Gasteiger partial charge in [-0.25, -0.2) is 4.98 Å². The van der Waals surface area contributed by atoms with E-state index in [1.54, 1.807) is 18.4 Å². The first kappa shape index (κ1) is 20.4. The molecule has 2 aliphatic rings. The Labute approximate surface area is 177 Å². The van der Waals surface area contributed by atoms with Crippen molar-refractivity contribution >= 4 is 17.2 Å². The molecule has 1 amide bonds. The van der Waals surface area contributed by atoms with Crippen molar-refractivity contribution < 1.29 is 9.53 Å². The molecule has 0 unspecified atom stereocenters. The van der Waals surface area contributed by atoms with Crippen LogP contribution in [0.25, 0.3) is 11.3 Å². The third kappa shape index (κ3) is 4.81. The monoisotopic (exact) mass is 413 g/mol. The number of rotatable bonds is 6. The van der Waals surface area contributed by atoms with Gasteiger partial charge < -0.3 is 14.5 Å². The Morgan fingerprint density at radius 3 is 2.59 bits per heavy atom. The molecule has 0 N–H and O–H groups in total. The van der Waals surface area contributed by atoms with Crippen LogP contribution in [0.2, 0.25) is 0 Å². The first-order valence-corrected chi connectivity index (χ1v) is 11.6. The summed E-state index contributed by atoms with van der Waals surface area (Å²) in [6, 6.07) is 8.32. The zero-order chi connectivity index (χ0) is 20.2. The lowest BCUT2D eigenvalue weighted by molar-refractivity contribution is -0.134. The number of likely N-dealkylation sites (tertiary alicyclic amines) is 2. The molecule has 6 heteroatoms. The molecule has 0 spiro atoms. The predicted molar refractivity (Wildman–Crippen MR) is 118 cm³/mol. The lowest BCUT2D eigenvalue weighted by Crippen LogP contribution is -2.49. The molecule has 0 radical (unpaired) electrons. The number of benzene rings is 1. The number of thiazole rings is 1. The van der Waals surface area contributed by atoms with E-state index in [1.165, 1.54) is 32.4 Å². The molecule has 1 aromatic heterocycles. The van der Waals surface area contributed by atoms with Gasteiger partial charge in [0.1, 0.15) is 5.75 Å². The normalized spacial score (nSPS) is 20.2. The quantitative estimate of drug-likeness (QED) is 0.714. The molecule has 4 rings (SSSR count). The number of carbonyl (C=O) groups excluding carboxylic acids is 1. The Balaban J connectivity index is 1.49. The largest absolute Gasteiger partial charge is 0.497 e. The summed E-state index contributed by atoms with van der Waals surface area (Å²) in [5, 5.41) is 1.01. The van der Waals surface area contributed by atoms with Gasteiger partial charge in [-0.2, -0.15) is 0 Å². The molecule has 1 atom stereocenters. The topological polar surface area (TPSA) is 45.7 Å². The van der Waals surface area contributed by atoms with Crippen molar-refractivity contribution in [3.05, 3.63) is 34.2 Å². The molecule has 2 saturated heterocycles. The minimum Gasteiger partial charge on any atom is -0.497 e. The standard InChI is InChI=1S/C23H31N3O2S/c1-17-24-23(18-8-10-20(28-2)11-9-18)21(29-17)15-22(27)26-14-4-3-7-19(26)16-25-12-5-6-13-25/h8-11,19H,3-7,12-16H2,1-2H3/t19-/m1/s1. The Morgan fingerprint density at radius 2 is 1.86 bits per heavy atom. The van der Waals surface area contributed by atoms with Gasteiger partial charge in [-0.15, -0.1) is 11.3 Å². The van der Waals surface area contributed by atoms with E-state index in [0.29, 0.717) is 12.5 Å². The lowest BCUT2D eigenvalue weighted by atomic mass is 10.0. The molecule has 0 saturated carbocycles. The van der Waals surface area contributed by atoms with Crippen LogP contribution in [0, 0.1) is 6.92 Å². The van der Waals surface area contributed by atoms with E-state index < -0.39 is 0 Å². The third-order valence-corrected chi connectivity index (χ3v) is 7.07. The van der Waals surface area contributed by atoms with Crippen LogP contribution in [0.4, 0.5) is 0 Å². The minimum absolute atomic E-state index is 0.257. The number of hydrogen-bond acceptors (Lipinski definition) is 5. The highest BCUT2D eigenvalue weighted by Gasteiger charge is 2.30. The van der Waals surface area contributed by atoms with E-state index in [-0.39, 0.29) is 5.91 Å². The van der Waals surface area contributed by atoms with Crippen molar-refractivity contribution in [2.75, 3.05) is 33.3 Å². The zero-order valence-corrected chi connectivity index (χ0v) is 18.3. The maximum Gasteiger partial charge on any atom is 0.228 e. The number of aryl methyl sites for hydroxylation is 1. The van der Waals surface area contributed by atoms with Crippen LogP contribution >= 0.6 is 11.3 Å². The summed E-state index contributed by atoms with van der Waals surface area (Å²) in [6.45, 7) is 6.33. The molecule has 1 aromatic carbocycles. The van der Waals surface area contributed by atoms with Gasteiger partial charge in [-0.1, -0.05) is 0 Å². The molecule has 156 valence electrons. The summed E-state index contributed by atoms with van der Waals surface area (Å²) in [4.78, 5) is 23.8. The van der Waals surface area contributed by atoms with Gasteiger partial charge in [0.25, 0.3) is 0 Å². The van der Waals surface area contributed by atoms with Crippen LogP contribution in [0.15, 0.2) is 24.3 Å². The Hall–Kier alpha value is -1.92. The number of carbonyl (C=O) groups is 1. The molecule has 3 heterocycles. The highest BCUT2D eigenvalue weighted by atomic mass is 32.1. The van der Waals surface area contributed by atoms with Crippen LogP contribution in [0.5, 0.6) is 5.75 Å². The van der Waals surface area contributed by atoms with Crippen molar-refractivity contribution in [2.24, 2.45) is 0 Å². The van der Waals surface area contributed by atoms with Gasteiger partial charge in [0.15, 0.2) is 0 Å². The fourth-order valence-corrected chi connectivity index (χ4v) is 5.53. The number of amides is 1. The summed E-state index contributed by atoms with van der Waals surface area (Å²) in [5.41, 5.74) is 1.99. The van der Waals surface area contributed by atoms with Crippen molar-refractivity contribution in [2.45, 2.75) is 51.5 Å². The van der Waals surface area contributed by atoms with E-state index >= 15 is 0 Å². The molecule has 0 aliphatic carbocycles. The Morgan fingerprint density at radius 1 is 1.14 bits per heavy atom.